The molecular formula is C19H14Cl2F2N4O2S. The van der Waals surface area contributed by atoms with Gasteiger partial charge in [-0.05, 0) is 23.6 Å². The summed E-state index contributed by atoms with van der Waals surface area (Å²) in [5, 5.41) is 1.52. The zero-order chi connectivity index (χ0) is 20.3. The summed E-state index contributed by atoms with van der Waals surface area (Å²) in [4.78, 5) is 36.5. The first kappa shape index (κ1) is 20.9. The zero-order valence-corrected chi connectivity index (χ0v) is 17.7. The molecule has 2 fully saturated rings. The van der Waals surface area contributed by atoms with Gasteiger partial charge >= 0.3 is 0 Å². The number of carbonyl (C=O) groups excluding carboxylic acids is 2. The highest BCUT2D eigenvalue weighted by Gasteiger charge is 2.42. The molecule has 1 amide bonds. The third-order valence-corrected chi connectivity index (χ3v) is 6.42. The fraction of sp³-hybridized carbons (Fsp3) is 0.263. The predicted octanol–water partition coefficient (Wildman–Crippen LogP) is 3.70. The van der Waals surface area contributed by atoms with Crippen LogP contribution in [0.3, 0.4) is 0 Å². The Balaban J connectivity index is 0.00000218. The Hall–Kier alpha value is -2.36. The lowest BCUT2D eigenvalue weighted by Crippen LogP contribution is -2.53. The van der Waals surface area contributed by atoms with E-state index in [0.29, 0.717) is 31.0 Å². The van der Waals surface area contributed by atoms with Crippen LogP contribution in [-0.4, -0.2) is 52.2 Å². The number of aromatic nitrogens is 2. The second-order valence-electron chi connectivity index (χ2n) is 6.94. The van der Waals surface area contributed by atoms with Crippen molar-refractivity contribution >= 4 is 63.1 Å². The topological polar surface area (TPSA) is 66.4 Å². The maximum absolute atomic E-state index is 14.5. The summed E-state index contributed by atoms with van der Waals surface area (Å²) >= 11 is 7.08. The number of nitrogens with zero attached hydrogens (tertiary/aromatic N) is 4. The van der Waals surface area contributed by atoms with Crippen LogP contribution in [0.4, 0.5) is 14.6 Å². The third-order valence-electron chi connectivity index (χ3n) is 5.23. The minimum atomic E-state index is -0.762. The van der Waals surface area contributed by atoms with Crippen molar-refractivity contribution in [1.29, 1.82) is 0 Å². The first-order valence-electron chi connectivity index (χ1n) is 8.89. The number of rotatable bonds is 2. The fourth-order valence-electron chi connectivity index (χ4n) is 3.79. The van der Waals surface area contributed by atoms with Crippen molar-refractivity contribution in [3.8, 4) is 11.4 Å². The van der Waals surface area contributed by atoms with Gasteiger partial charge in [-0.1, -0.05) is 11.6 Å². The number of ketones is 1. The van der Waals surface area contributed by atoms with E-state index < -0.39 is 17.7 Å². The molecule has 2 aliphatic heterocycles. The highest BCUT2D eigenvalue weighted by atomic mass is 35.5. The summed E-state index contributed by atoms with van der Waals surface area (Å²) in [5.74, 6) is -1.16. The quantitative estimate of drug-likeness (QED) is 0.421. The molecule has 1 atom stereocenters. The predicted molar refractivity (Wildman–Crippen MR) is 112 cm³/mol. The van der Waals surface area contributed by atoms with Crippen LogP contribution < -0.4 is 4.90 Å². The van der Waals surface area contributed by atoms with Gasteiger partial charge in [0.2, 0.25) is 5.91 Å². The molecule has 2 aliphatic rings. The second-order valence-corrected chi connectivity index (χ2v) is 8.27. The lowest BCUT2D eigenvalue weighted by molar-refractivity contribution is -0.129. The third kappa shape index (κ3) is 3.30. The van der Waals surface area contributed by atoms with Crippen molar-refractivity contribution in [3.63, 3.8) is 0 Å². The van der Waals surface area contributed by atoms with E-state index in [0.717, 1.165) is 16.8 Å². The fourth-order valence-corrected chi connectivity index (χ4v) is 4.79. The van der Waals surface area contributed by atoms with Crippen molar-refractivity contribution in [2.24, 2.45) is 0 Å². The maximum atomic E-state index is 14.5. The summed E-state index contributed by atoms with van der Waals surface area (Å²) in [6, 6.07) is 3.15. The molecule has 3 aromatic rings. The molecular weight excluding hydrogens is 457 g/mol. The first-order valence-corrected chi connectivity index (χ1v) is 10.2. The van der Waals surface area contributed by atoms with Crippen LogP contribution in [0.2, 0.25) is 5.02 Å². The number of carbonyl (C=O) groups is 2. The Morgan fingerprint density at radius 1 is 1.13 bits per heavy atom. The number of thiophene rings is 1. The maximum Gasteiger partial charge on any atom is 0.230 e. The van der Waals surface area contributed by atoms with Crippen LogP contribution in [0.25, 0.3) is 21.6 Å². The van der Waals surface area contributed by atoms with E-state index in [1.165, 1.54) is 11.3 Å². The van der Waals surface area contributed by atoms with Crippen molar-refractivity contribution in [2.45, 2.75) is 12.5 Å². The molecule has 0 bridgehead atoms. The molecule has 0 radical (unpaired) electrons. The normalized spacial score (nSPS) is 18.7. The Kier molecular flexibility index (Phi) is 5.37. The molecule has 30 heavy (non-hydrogen) atoms. The SMILES string of the molecule is Cl.O=C1CC(=O)N2CCN(c3nc(-c4cc(F)c(Cl)cc4F)nc4ccsc34)CC12. The van der Waals surface area contributed by atoms with Crippen molar-refractivity contribution in [2.75, 3.05) is 24.5 Å². The van der Waals surface area contributed by atoms with E-state index >= 15 is 0 Å². The molecule has 1 aromatic carbocycles. The van der Waals surface area contributed by atoms with Gasteiger partial charge in [0.05, 0.1) is 27.2 Å². The minimum absolute atomic E-state index is 0. The van der Waals surface area contributed by atoms with E-state index in [9.17, 15) is 18.4 Å². The van der Waals surface area contributed by atoms with E-state index in [2.05, 4.69) is 9.97 Å². The monoisotopic (exact) mass is 470 g/mol. The number of amides is 1. The molecule has 0 aliphatic carbocycles. The zero-order valence-electron chi connectivity index (χ0n) is 15.3. The Bertz CT molecular complexity index is 1190. The molecule has 11 heteroatoms. The van der Waals surface area contributed by atoms with Crippen molar-refractivity contribution < 1.29 is 18.4 Å². The number of benzene rings is 1. The van der Waals surface area contributed by atoms with Crippen LogP contribution in [0, 0.1) is 11.6 Å². The van der Waals surface area contributed by atoms with Gasteiger partial charge in [-0.3, -0.25) is 9.59 Å². The van der Waals surface area contributed by atoms with E-state index in [1.807, 2.05) is 10.3 Å². The summed E-state index contributed by atoms with van der Waals surface area (Å²) in [6.07, 6.45) is -0.0722. The van der Waals surface area contributed by atoms with Gasteiger partial charge in [-0.25, -0.2) is 18.7 Å². The molecule has 4 heterocycles. The lowest BCUT2D eigenvalue weighted by Gasteiger charge is -2.37. The van der Waals surface area contributed by atoms with Crippen LogP contribution in [0.1, 0.15) is 6.42 Å². The number of fused-ring (bicyclic) bond motifs is 2. The highest BCUT2D eigenvalue weighted by molar-refractivity contribution is 7.17. The molecule has 5 rings (SSSR count). The van der Waals surface area contributed by atoms with E-state index in [4.69, 9.17) is 11.6 Å². The Morgan fingerprint density at radius 2 is 1.93 bits per heavy atom. The molecule has 1 unspecified atom stereocenters. The molecule has 6 nitrogen and oxygen atoms in total. The molecule has 0 saturated carbocycles. The summed E-state index contributed by atoms with van der Waals surface area (Å²) in [6.45, 7) is 1.20. The standard InChI is InChI=1S/C19H13ClF2N4O2S.ClH/c20-10-6-11(21)9(5-12(10)22)18-23-13-1-4-29-17(13)19(24-18)25-2-3-26-14(8-25)15(27)7-16(26)28;/h1,4-6,14H,2-3,7-8H2;1H. The van der Waals surface area contributed by atoms with Gasteiger partial charge in [0.25, 0.3) is 0 Å². The Morgan fingerprint density at radius 3 is 2.73 bits per heavy atom. The van der Waals surface area contributed by atoms with Crippen LogP contribution in [-0.2, 0) is 9.59 Å². The van der Waals surface area contributed by atoms with Crippen LogP contribution >= 0.6 is 35.3 Å². The first-order chi connectivity index (χ1) is 13.9. The Labute approximate surface area is 184 Å². The minimum Gasteiger partial charge on any atom is -0.351 e. The summed E-state index contributed by atoms with van der Waals surface area (Å²) < 4.78 is 29.2. The van der Waals surface area contributed by atoms with Crippen LogP contribution in [0.5, 0.6) is 0 Å². The van der Waals surface area contributed by atoms with Gasteiger partial charge in [-0.2, -0.15) is 0 Å². The van der Waals surface area contributed by atoms with E-state index in [-0.39, 0.29) is 46.9 Å². The molecule has 156 valence electrons. The summed E-state index contributed by atoms with van der Waals surface area (Å²) in [7, 11) is 0. The van der Waals surface area contributed by atoms with Gasteiger partial charge in [-0.15, -0.1) is 23.7 Å². The molecule has 2 aromatic heterocycles. The van der Waals surface area contributed by atoms with Crippen LogP contribution in [0.15, 0.2) is 23.6 Å². The van der Waals surface area contributed by atoms with Crippen molar-refractivity contribution in [1.82, 2.24) is 14.9 Å². The number of Topliss-reactive ketones (excluding diaryl/α,β-unsaturated/α-hetero) is 1. The second kappa shape index (κ2) is 7.72. The van der Waals surface area contributed by atoms with E-state index in [1.54, 1.807) is 11.0 Å². The molecule has 2 saturated heterocycles. The summed E-state index contributed by atoms with van der Waals surface area (Å²) in [5.41, 5.74) is 0.507. The number of hydrogen-bond acceptors (Lipinski definition) is 6. The highest BCUT2D eigenvalue weighted by Crippen LogP contribution is 2.35. The lowest BCUT2D eigenvalue weighted by atomic mass is 10.1. The average Bonchev–Trinajstić information content (AvgIpc) is 3.28. The van der Waals surface area contributed by atoms with Crippen molar-refractivity contribution in [3.05, 3.63) is 40.2 Å². The number of hydrogen-bond donors (Lipinski definition) is 0. The molecule has 0 spiro atoms. The number of halogens is 4. The molecule has 0 N–H and O–H groups in total. The van der Waals surface area contributed by atoms with Gasteiger partial charge in [0, 0.05) is 19.6 Å². The average molecular weight is 471 g/mol. The van der Waals surface area contributed by atoms with Gasteiger partial charge in [0.15, 0.2) is 17.4 Å². The van der Waals surface area contributed by atoms with Gasteiger partial charge < -0.3 is 9.80 Å². The largest absolute Gasteiger partial charge is 0.351 e. The smallest absolute Gasteiger partial charge is 0.230 e. The number of piperazine rings is 1. The van der Waals surface area contributed by atoms with Gasteiger partial charge in [0.1, 0.15) is 17.7 Å². The number of anilines is 1.